The van der Waals surface area contributed by atoms with Gasteiger partial charge in [-0.05, 0) is 38.8 Å². The van der Waals surface area contributed by atoms with E-state index in [9.17, 15) is 4.79 Å². The first kappa shape index (κ1) is 12.8. The highest BCUT2D eigenvalue weighted by atomic mass is 16.1. The smallest absolute Gasteiger partial charge is 0.221 e. The van der Waals surface area contributed by atoms with Crippen LogP contribution in [0.25, 0.3) is 0 Å². The molecule has 0 bridgehead atoms. The largest absolute Gasteiger partial charge is 0.353 e. The summed E-state index contributed by atoms with van der Waals surface area (Å²) < 4.78 is 0. The van der Waals surface area contributed by atoms with E-state index in [0.717, 1.165) is 26.2 Å². The van der Waals surface area contributed by atoms with Crippen molar-refractivity contribution < 1.29 is 4.79 Å². The molecule has 0 aromatic heterocycles. The van der Waals surface area contributed by atoms with Crippen LogP contribution >= 0.6 is 0 Å². The molecule has 17 heavy (non-hydrogen) atoms. The molecule has 98 valence electrons. The molecule has 1 saturated heterocycles. The summed E-state index contributed by atoms with van der Waals surface area (Å²) in [6.07, 6.45) is 5.58. The van der Waals surface area contributed by atoms with E-state index in [2.05, 4.69) is 22.5 Å². The summed E-state index contributed by atoms with van der Waals surface area (Å²) in [5.74, 6) is 0.227. The van der Waals surface area contributed by atoms with Gasteiger partial charge in [0, 0.05) is 31.6 Å². The van der Waals surface area contributed by atoms with Gasteiger partial charge in [-0.15, -0.1) is 0 Å². The van der Waals surface area contributed by atoms with Gasteiger partial charge in [-0.25, -0.2) is 0 Å². The van der Waals surface area contributed by atoms with Crippen LogP contribution in [0, 0.1) is 0 Å². The van der Waals surface area contributed by atoms with Gasteiger partial charge >= 0.3 is 0 Å². The molecule has 2 rings (SSSR count). The molecule has 1 unspecified atom stereocenters. The van der Waals surface area contributed by atoms with E-state index in [1.165, 1.54) is 25.7 Å². The molecule has 1 aliphatic carbocycles. The first-order valence-corrected chi connectivity index (χ1v) is 7.03. The Bertz CT molecular complexity index is 247. The van der Waals surface area contributed by atoms with Gasteiger partial charge in [0.05, 0.1) is 0 Å². The van der Waals surface area contributed by atoms with E-state index in [4.69, 9.17) is 0 Å². The summed E-state index contributed by atoms with van der Waals surface area (Å²) in [5.41, 5.74) is 0. The Morgan fingerprint density at radius 1 is 1.41 bits per heavy atom. The number of hydrogen-bond acceptors (Lipinski definition) is 3. The molecule has 1 heterocycles. The predicted octanol–water partition coefficient (Wildman–Crippen LogP) is 0.729. The fourth-order valence-electron chi connectivity index (χ4n) is 2.39. The zero-order valence-electron chi connectivity index (χ0n) is 10.9. The molecule has 0 aromatic carbocycles. The summed E-state index contributed by atoms with van der Waals surface area (Å²) in [6.45, 7) is 6.35. The molecule has 2 N–H and O–H groups in total. The van der Waals surface area contributed by atoms with Crippen molar-refractivity contribution >= 4 is 5.91 Å². The van der Waals surface area contributed by atoms with Crippen molar-refractivity contribution in [2.24, 2.45) is 0 Å². The second-order valence-electron chi connectivity index (χ2n) is 5.28. The minimum Gasteiger partial charge on any atom is -0.353 e. The maximum atomic E-state index is 11.6. The number of carbonyl (C=O) groups is 1. The second-order valence-corrected chi connectivity index (χ2v) is 5.28. The van der Waals surface area contributed by atoms with Crippen LogP contribution in [0.2, 0.25) is 0 Å². The summed E-state index contributed by atoms with van der Waals surface area (Å²) in [7, 11) is 0. The zero-order chi connectivity index (χ0) is 12.1. The lowest BCUT2D eigenvalue weighted by Gasteiger charge is -2.23. The number of amides is 1. The number of nitrogens with one attached hydrogen (secondary N) is 2. The molecular weight excluding hydrogens is 214 g/mol. The van der Waals surface area contributed by atoms with E-state index in [1.54, 1.807) is 0 Å². The number of hydrogen-bond donors (Lipinski definition) is 2. The highest BCUT2D eigenvalue weighted by Gasteiger charge is 2.23. The number of carbonyl (C=O) groups excluding carboxylic acids is 1. The lowest BCUT2D eigenvalue weighted by Crippen LogP contribution is -2.39. The quantitative estimate of drug-likeness (QED) is 0.688. The van der Waals surface area contributed by atoms with Crippen molar-refractivity contribution in [3.8, 4) is 0 Å². The normalized spacial score (nSPS) is 24.2. The van der Waals surface area contributed by atoms with E-state index in [-0.39, 0.29) is 5.91 Å². The molecule has 0 radical (unpaired) electrons. The van der Waals surface area contributed by atoms with Crippen molar-refractivity contribution in [1.82, 2.24) is 15.5 Å². The summed E-state index contributed by atoms with van der Waals surface area (Å²) in [6, 6.07) is 1.13. The van der Waals surface area contributed by atoms with Crippen LogP contribution in [0.5, 0.6) is 0 Å². The average molecular weight is 239 g/mol. The van der Waals surface area contributed by atoms with E-state index >= 15 is 0 Å². The Labute approximate surface area is 104 Å². The number of rotatable bonds is 7. The SMILES string of the molecule is CCN(CCC(=O)NC1CC1)CC1CCCN1. The number of likely N-dealkylation sites (N-methyl/N-ethyl adjacent to an activating group) is 1. The summed E-state index contributed by atoms with van der Waals surface area (Å²) >= 11 is 0. The average Bonchev–Trinajstić information content (AvgIpc) is 2.98. The van der Waals surface area contributed by atoms with Gasteiger partial charge in [0.1, 0.15) is 0 Å². The Hall–Kier alpha value is -0.610. The third-order valence-corrected chi connectivity index (χ3v) is 3.69. The minimum atomic E-state index is 0.227. The first-order valence-electron chi connectivity index (χ1n) is 7.03. The lowest BCUT2D eigenvalue weighted by atomic mass is 10.2. The minimum absolute atomic E-state index is 0.227. The van der Waals surface area contributed by atoms with Gasteiger partial charge in [0.15, 0.2) is 0 Å². The second kappa shape index (κ2) is 6.36. The van der Waals surface area contributed by atoms with Gasteiger partial charge in [-0.1, -0.05) is 6.92 Å². The maximum Gasteiger partial charge on any atom is 0.221 e. The molecular formula is C13H25N3O. The zero-order valence-corrected chi connectivity index (χ0v) is 10.9. The van der Waals surface area contributed by atoms with Crippen molar-refractivity contribution in [2.75, 3.05) is 26.2 Å². The van der Waals surface area contributed by atoms with Crippen molar-refractivity contribution in [2.45, 2.75) is 51.1 Å². The van der Waals surface area contributed by atoms with Gasteiger partial charge in [-0.3, -0.25) is 4.79 Å². The van der Waals surface area contributed by atoms with Crippen LogP contribution < -0.4 is 10.6 Å². The van der Waals surface area contributed by atoms with Gasteiger partial charge in [0.2, 0.25) is 5.91 Å². The fourth-order valence-corrected chi connectivity index (χ4v) is 2.39. The Balaban J connectivity index is 1.61. The molecule has 1 atom stereocenters. The maximum absolute atomic E-state index is 11.6. The fraction of sp³-hybridized carbons (Fsp3) is 0.923. The van der Waals surface area contributed by atoms with Crippen LogP contribution in [0.4, 0.5) is 0 Å². The van der Waals surface area contributed by atoms with Crippen molar-refractivity contribution in [1.29, 1.82) is 0 Å². The Morgan fingerprint density at radius 3 is 2.82 bits per heavy atom. The van der Waals surface area contributed by atoms with E-state index < -0.39 is 0 Å². The molecule has 0 spiro atoms. The molecule has 2 aliphatic rings. The molecule has 1 saturated carbocycles. The molecule has 1 aliphatic heterocycles. The van der Waals surface area contributed by atoms with E-state index in [0.29, 0.717) is 18.5 Å². The van der Waals surface area contributed by atoms with Gasteiger partial charge in [0.25, 0.3) is 0 Å². The molecule has 0 aromatic rings. The van der Waals surface area contributed by atoms with Crippen LogP contribution in [0.1, 0.15) is 39.0 Å². The third kappa shape index (κ3) is 4.64. The lowest BCUT2D eigenvalue weighted by molar-refractivity contribution is -0.121. The predicted molar refractivity (Wildman–Crippen MR) is 68.9 cm³/mol. The highest BCUT2D eigenvalue weighted by molar-refractivity contribution is 5.76. The number of nitrogens with zero attached hydrogens (tertiary/aromatic N) is 1. The van der Waals surface area contributed by atoms with Crippen molar-refractivity contribution in [3.05, 3.63) is 0 Å². The van der Waals surface area contributed by atoms with Crippen molar-refractivity contribution in [3.63, 3.8) is 0 Å². The van der Waals surface area contributed by atoms with Crippen LogP contribution in [-0.2, 0) is 4.79 Å². The monoisotopic (exact) mass is 239 g/mol. The summed E-state index contributed by atoms with van der Waals surface area (Å²) in [5, 5.41) is 6.55. The molecule has 4 heteroatoms. The topological polar surface area (TPSA) is 44.4 Å². The highest BCUT2D eigenvalue weighted by Crippen LogP contribution is 2.18. The van der Waals surface area contributed by atoms with Gasteiger partial charge < -0.3 is 15.5 Å². The third-order valence-electron chi connectivity index (χ3n) is 3.69. The standard InChI is InChI=1S/C13H25N3O/c1-2-16(10-12-4-3-8-14-12)9-7-13(17)15-11-5-6-11/h11-12,14H,2-10H2,1H3,(H,15,17). The summed E-state index contributed by atoms with van der Waals surface area (Å²) in [4.78, 5) is 14.0. The molecule has 4 nitrogen and oxygen atoms in total. The van der Waals surface area contributed by atoms with E-state index in [1.807, 2.05) is 0 Å². The van der Waals surface area contributed by atoms with Gasteiger partial charge in [-0.2, -0.15) is 0 Å². The molecule has 1 amide bonds. The Morgan fingerprint density at radius 2 is 2.24 bits per heavy atom. The first-order chi connectivity index (χ1) is 8.28. The van der Waals surface area contributed by atoms with Crippen LogP contribution in [0.15, 0.2) is 0 Å². The molecule has 2 fully saturated rings. The van der Waals surface area contributed by atoms with Crippen LogP contribution in [-0.4, -0.2) is 49.1 Å². The Kier molecular flexibility index (Phi) is 4.80. The van der Waals surface area contributed by atoms with Crippen LogP contribution in [0.3, 0.4) is 0 Å².